The molecule has 0 saturated carbocycles. The van der Waals surface area contributed by atoms with Crippen LogP contribution < -0.4 is 0 Å². The number of allylic oxidation sites excluding steroid dienone is 1. The van der Waals surface area contributed by atoms with E-state index < -0.39 is 0 Å². The van der Waals surface area contributed by atoms with Crippen LogP contribution in [0.2, 0.25) is 0 Å². The molecule has 0 bridgehead atoms. The Bertz CT molecular complexity index is 1290. The number of benzene rings is 2. The third kappa shape index (κ3) is 3.63. The van der Waals surface area contributed by atoms with E-state index in [4.69, 9.17) is 4.74 Å². The Hall–Kier alpha value is -3.85. The minimum absolute atomic E-state index is 0.119. The zero-order chi connectivity index (χ0) is 20.4. The molecule has 2 heterocycles. The highest BCUT2D eigenvalue weighted by molar-refractivity contribution is 5.98. The van der Waals surface area contributed by atoms with E-state index in [9.17, 15) is 10.1 Å². The second-order valence-corrected chi connectivity index (χ2v) is 6.81. The van der Waals surface area contributed by atoms with Gasteiger partial charge >= 0.3 is 5.97 Å². The van der Waals surface area contributed by atoms with Crippen LogP contribution in [-0.4, -0.2) is 27.1 Å². The van der Waals surface area contributed by atoms with Crippen LogP contribution >= 0.6 is 0 Å². The number of fused-ring (bicyclic) bond motifs is 2. The Labute approximate surface area is 168 Å². The number of carbonyl (C=O) groups is 1. The van der Waals surface area contributed by atoms with Crippen molar-refractivity contribution in [3.63, 3.8) is 0 Å². The van der Waals surface area contributed by atoms with E-state index in [2.05, 4.69) is 16.0 Å². The van der Waals surface area contributed by atoms with Gasteiger partial charge in [-0.2, -0.15) is 5.26 Å². The Kier molecular flexibility index (Phi) is 4.88. The summed E-state index contributed by atoms with van der Waals surface area (Å²) in [6.07, 6.45) is 3.67. The molecule has 0 radical (unpaired) electrons. The highest BCUT2D eigenvalue weighted by atomic mass is 16.5. The van der Waals surface area contributed by atoms with Crippen molar-refractivity contribution >= 4 is 39.6 Å². The lowest BCUT2D eigenvalue weighted by Crippen LogP contribution is -2.12. The Balaban J connectivity index is 1.79. The number of nitrogens with one attached hydrogen (secondary N) is 1. The van der Waals surface area contributed by atoms with Crippen LogP contribution in [-0.2, 0) is 16.1 Å². The van der Waals surface area contributed by atoms with Crippen molar-refractivity contribution in [1.82, 2.24) is 14.5 Å². The number of H-pyrrole nitrogens is 1. The normalized spacial score (nSPS) is 11.7. The SMILES string of the molecule is CCOC(=O)Cn1cc(C=C(C#N)c2nc3ccc(C)cc3[nH]2)c2ccccc21. The number of carbonyl (C=O) groups excluding carboxylic acids is 1. The van der Waals surface area contributed by atoms with Gasteiger partial charge < -0.3 is 14.3 Å². The molecule has 0 amide bonds. The molecule has 6 heteroatoms. The summed E-state index contributed by atoms with van der Waals surface area (Å²) < 4.78 is 6.92. The molecule has 0 fully saturated rings. The molecule has 0 saturated heterocycles. The van der Waals surface area contributed by atoms with Crippen LogP contribution in [0.3, 0.4) is 0 Å². The number of ether oxygens (including phenoxy) is 1. The topological polar surface area (TPSA) is 83.7 Å². The van der Waals surface area contributed by atoms with Crippen LogP contribution in [0.15, 0.2) is 48.7 Å². The van der Waals surface area contributed by atoms with Gasteiger partial charge in [-0.3, -0.25) is 4.79 Å². The van der Waals surface area contributed by atoms with Crippen LogP contribution in [0.4, 0.5) is 0 Å². The summed E-state index contributed by atoms with van der Waals surface area (Å²) in [5.41, 5.74) is 5.01. The summed E-state index contributed by atoms with van der Waals surface area (Å²) in [4.78, 5) is 19.7. The van der Waals surface area contributed by atoms with Gasteiger partial charge in [0, 0.05) is 22.7 Å². The van der Waals surface area contributed by atoms with Crippen LogP contribution in [0.1, 0.15) is 23.9 Å². The monoisotopic (exact) mass is 384 g/mol. The number of nitriles is 1. The molecule has 2 aromatic heterocycles. The van der Waals surface area contributed by atoms with Gasteiger partial charge in [0.05, 0.1) is 23.2 Å². The summed E-state index contributed by atoms with van der Waals surface area (Å²) in [6, 6.07) is 16.0. The number of aromatic amines is 1. The molecule has 0 aliphatic carbocycles. The minimum atomic E-state index is -0.294. The number of hydrogen-bond acceptors (Lipinski definition) is 4. The fourth-order valence-corrected chi connectivity index (χ4v) is 3.43. The molecule has 0 unspecified atom stereocenters. The number of para-hydroxylation sites is 1. The van der Waals surface area contributed by atoms with Crippen molar-refractivity contribution in [3.8, 4) is 6.07 Å². The molecule has 0 aliphatic rings. The number of aromatic nitrogens is 3. The van der Waals surface area contributed by atoms with Crippen LogP contribution in [0.5, 0.6) is 0 Å². The molecule has 0 spiro atoms. The van der Waals surface area contributed by atoms with Crippen molar-refractivity contribution in [2.45, 2.75) is 20.4 Å². The fraction of sp³-hybridized carbons (Fsp3) is 0.174. The summed E-state index contributed by atoms with van der Waals surface area (Å²) in [5, 5.41) is 10.7. The van der Waals surface area contributed by atoms with E-state index in [1.165, 1.54) is 0 Å². The van der Waals surface area contributed by atoms with Crippen molar-refractivity contribution in [2.75, 3.05) is 6.61 Å². The summed E-state index contributed by atoms with van der Waals surface area (Å²) in [7, 11) is 0. The van der Waals surface area contributed by atoms with Crippen molar-refractivity contribution in [3.05, 3.63) is 65.6 Å². The predicted molar refractivity (Wildman–Crippen MR) is 113 cm³/mol. The molecule has 2 aromatic carbocycles. The van der Waals surface area contributed by atoms with E-state index in [1.54, 1.807) is 13.0 Å². The van der Waals surface area contributed by atoms with Gasteiger partial charge in [-0.1, -0.05) is 24.3 Å². The fourth-order valence-electron chi connectivity index (χ4n) is 3.43. The Morgan fingerprint density at radius 1 is 1.31 bits per heavy atom. The van der Waals surface area contributed by atoms with E-state index >= 15 is 0 Å². The number of imidazole rings is 1. The van der Waals surface area contributed by atoms with E-state index in [-0.39, 0.29) is 12.5 Å². The zero-order valence-electron chi connectivity index (χ0n) is 16.3. The average molecular weight is 384 g/mol. The third-order valence-electron chi connectivity index (χ3n) is 4.74. The van der Waals surface area contributed by atoms with E-state index in [1.807, 2.05) is 60.2 Å². The number of rotatable bonds is 5. The molecular formula is C23H20N4O2. The first-order valence-electron chi connectivity index (χ1n) is 9.41. The van der Waals surface area contributed by atoms with Crippen molar-refractivity contribution in [2.24, 2.45) is 0 Å². The quantitative estimate of drug-likeness (QED) is 0.407. The van der Waals surface area contributed by atoms with Gasteiger partial charge in [-0.05, 0) is 43.7 Å². The lowest BCUT2D eigenvalue weighted by Gasteiger charge is -2.04. The summed E-state index contributed by atoms with van der Waals surface area (Å²) in [5.74, 6) is 0.229. The number of nitrogens with zero attached hydrogens (tertiary/aromatic N) is 3. The maximum Gasteiger partial charge on any atom is 0.325 e. The van der Waals surface area contributed by atoms with Crippen molar-refractivity contribution < 1.29 is 9.53 Å². The maximum absolute atomic E-state index is 12.0. The minimum Gasteiger partial charge on any atom is -0.465 e. The largest absolute Gasteiger partial charge is 0.465 e. The highest BCUT2D eigenvalue weighted by Gasteiger charge is 2.13. The Morgan fingerprint density at radius 2 is 2.14 bits per heavy atom. The van der Waals surface area contributed by atoms with Gasteiger partial charge in [0.25, 0.3) is 0 Å². The first-order valence-corrected chi connectivity index (χ1v) is 9.41. The zero-order valence-corrected chi connectivity index (χ0v) is 16.3. The molecule has 6 nitrogen and oxygen atoms in total. The Morgan fingerprint density at radius 3 is 2.93 bits per heavy atom. The van der Waals surface area contributed by atoms with Gasteiger partial charge in [0.2, 0.25) is 0 Å². The molecule has 0 aliphatic heterocycles. The second kappa shape index (κ2) is 7.64. The number of esters is 1. The smallest absolute Gasteiger partial charge is 0.325 e. The average Bonchev–Trinajstić information content (AvgIpc) is 3.27. The van der Waals surface area contributed by atoms with E-state index in [0.717, 1.165) is 33.1 Å². The third-order valence-corrected chi connectivity index (χ3v) is 4.74. The standard InChI is InChI=1S/C23H20N4O2/c1-3-29-22(28)14-27-13-17(18-6-4-5-7-21(18)27)11-16(12-24)23-25-19-9-8-15(2)10-20(19)26-23/h4-11,13H,3,14H2,1-2H3,(H,25,26). The lowest BCUT2D eigenvalue weighted by molar-refractivity contribution is -0.143. The summed E-state index contributed by atoms with van der Waals surface area (Å²) >= 11 is 0. The predicted octanol–water partition coefficient (Wildman–Crippen LogP) is 4.45. The molecule has 144 valence electrons. The van der Waals surface area contributed by atoms with Crippen molar-refractivity contribution in [1.29, 1.82) is 5.26 Å². The second-order valence-electron chi connectivity index (χ2n) is 6.81. The van der Waals surface area contributed by atoms with Gasteiger partial charge in [0.1, 0.15) is 18.4 Å². The molecule has 29 heavy (non-hydrogen) atoms. The van der Waals surface area contributed by atoms with Crippen LogP contribution in [0.25, 0.3) is 33.6 Å². The van der Waals surface area contributed by atoms with E-state index in [0.29, 0.717) is 18.0 Å². The van der Waals surface area contributed by atoms with Gasteiger partial charge in [-0.25, -0.2) is 4.98 Å². The first kappa shape index (κ1) is 18.5. The molecule has 0 atom stereocenters. The van der Waals surface area contributed by atoms with Gasteiger partial charge in [0.15, 0.2) is 0 Å². The molecule has 1 N–H and O–H groups in total. The first-order chi connectivity index (χ1) is 14.1. The highest BCUT2D eigenvalue weighted by Crippen LogP contribution is 2.26. The molecule has 4 rings (SSSR count). The molecule has 4 aromatic rings. The number of hydrogen-bond donors (Lipinski definition) is 1. The maximum atomic E-state index is 12.0. The lowest BCUT2D eigenvalue weighted by atomic mass is 10.1. The van der Waals surface area contributed by atoms with Gasteiger partial charge in [-0.15, -0.1) is 0 Å². The molecular weight excluding hydrogens is 364 g/mol. The number of aryl methyl sites for hydroxylation is 1. The summed E-state index contributed by atoms with van der Waals surface area (Å²) in [6.45, 7) is 4.26. The van der Waals surface area contributed by atoms with Crippen LogP contribution in [0, 0.1) is 18.3 Å².